The van der Waals surface area contributed by atoms with Gasteiger partial charge in [-0.3, -0.25) is 4.98 Å². The second-order valence-electron chi connectivity index (χ2n) is 6.44. The Balaban J connectivity index is 1.63. The minimum atomic E-state index is 0.920. The minimum Gasteiger partial charge on any atom is -0.353 e. The van der Waals surface area contributed by atoms with Gasteiger partial charge in [-0.15, -0.1) is 0 Å². The van der Waals surface area contributed by atoms with E-state index in [0.717, 1.165) is 66.8 Å². The molecule has 0 saturated carbocycles. The van der Waals surface area contributed by atoms with Gasteiger partial charge in [0.1, 0.15) is 11.6 Å². The summed E-state index contributed by atoms with van der Waals surface area (Å²) in [6.45, 7) is 9.98. The molecule has 0 unspecified atom stereocenters. The van der Waals surface area contributed by atoms with E-state index in [-0.39, 0.29) is 0 Å². The van der Waals surface area contributed by atoms with Gasteiger partial charge in [-0.25, -0.2) is 9.97 Å². The normalized spacial score (nSPS) is 15.2. The van der Waals surface area contributed by atoms with E-state index >= 15 is 0 Å². The van der Waals surface area contributed by atoms with Crippen LogP contribution in [0.4, 0.5) is 11.6 Å². The molecule has 4 heterocycles. The summed E-state index contributed by atoms with van der Waals surface area (Å²) in [5.41, 5.74) is 4.29. The minimum absolute atomic E-state index is 0.920. The molecule has 0 radical (unpaired) electrons. The van der Waals surface area contributed by atoms with Gasteiger partial charge < -0.3 is 9.80 Å². The molecule has 0 spiro atoms. The molecule has 25 heavy (non-hydrogen) atoms. The van der Waals surface area contributed by atoms with E-state index in [2.05, 4.69) is 39.7 Å². The fourth-order valence-electron chi connectivity index (χ4n) is 3.29. The van der Waals surface area contributed by atoms with Crippen LogP contribution in [0.5, 0.6) is 0 Å². The van der Waals surface area contributed by atoms with Crippen LogP contribution in [0, 0.1) is 13.8 Å². The van der Waals surface area contributed by atoms with Gasteiger partial charge in [-0.05, 0) is 20.3 Å². The summed E-state index contributed by atoms with van der Waals surface area (Å²) in [6, 6.07) is 2.18. The van der Waals surface area contributed by atoms with Crippen molar-refractivity contribution in [2.24, 2.45) is 0 Å². The third-order valence-corrected chi connectivity index (χ3v) is 4.93. The van der Waals surface area contributed by atoms with E-state index in [9.17, 15) is 0 Å². The number of piperazine rings is 1. The van der Waals surface area contributed by atoms with Crippen molar-refractivity contribution in [3.63, 3.8) is 0 Å². The van der Waals surface area contributed by atoms with E-state index < -0.39 is 0 Å². The highest BCUT2D eigenvalue weighted by Gasteiger charge is 2.22. The first kappa shape index (κ1) is 15.8. The zero-order valence-corrected chi connectivity index (χ0v) is 15.0. The number of aromatic nitrogens is 5. The highest BCUT2D eigenvalue weighted by molar-refractivity contribution is 5.57. The molecule has 0 N–H and O–H groups in total. The standard InChI is InChI=1S/C18H23N7/c1-4-15-11-17(25-18(21-15)13(2)14(3)22-25)24-9-7-23(8-10-24)16-12-19-5-6-20-16/h5-6,11-12H,4,7-10H2,1-3H3. The molecule has 0 aliphatic carbocycles. The summed E-state index contributed by atoms with van der Waals surface area (Å²) in [4.78, 5) is 18.0. The Morgan fingerprint density at radius 2 is 1.80 bits per heavy atom. The Bertz CT molecular complexity index is 879. The second-order valence-corrected chi connectivity index (χ2v) is 6.44. The maximum atomic E-state index is 4.78. The third-order valence-electron chi connectivity index (χ3n) is 4.93. The molecule has 3 aromatic rings. The molecular formula is C18H23N7. The van der Waals surface area contributed by atoms with Crippen molar-refractivity contribution in [1.29, 1.82) is 0 Å². The first-order valence-electron chi connectivity index (χ1n) is 8.79. The summed E-state index contributed by atoms with van der Waals surface area (Å²) < 4.78 is 2.00. The van der Waals surface area contributed by atoms with Crippen molar-refractivity contribution in [3.8, 4) is 0 Å². The van der Waals surface area contributed by atoms with E-state index in [1.165, 1.54) is 0 Å². The van der Waals surface area contributed by atoms with Crippen LogP contribution in [-0.4, -0.2) is 50.7 Å². The quantitative estimate of drug-likeness (QED) is 0.729. The SMILES string of the molecule is CCc1cc(N2CCN(c3cnccn3)CC2)n2nc(C)c(C)c2n1. The monoisotopic (exact) mass is 337 g/mol. The van der Waals surface area contributed by atoms with Crippen molar-refractivity contribution < 1.29 is 0 Å². The lowest BCUT2D eigenvalue weighted by molar-refractivity contribution is 0.631. The molecule has 4 rings (SSSR count). The predicted molar refractivity (Wildman–Crippen MR) is 98.3 cm³/mol. The molecule has 1 fully saturated rings. The summed E-state index contributed by atoms with van der Waals surface area (Å²) in [7, 11) is 0. The molecule has 0 atom stereocenters. The summed E-state index contributed by atoms with van der Waals surface area (Å²) in [5.74, 6) is 2.08. The molecule has 1 saturated heterocycles. The largest absolute Gasteiger partial charge is 0.353 e. The number of hydrogen-bond acceptors (Lipinski definition) is 6. The lowest BCUT2D eigenvalue weighted by atomic mass is 10.2. The van der Waals surface area contributed by atoms with Crippen molar-refractivity contribution in [2.75, 3.05) is 36.0 Å². The number of nitrogens with zero attached hydrogens (tertiary/aromatic N) is 7. The highest BCUT2D eigenvalue weighted by atomic mass is 15.4. The predicted octanol–water partition coefficient (Wildman–Crippen LogP) is 2.03. The average molecular weight is 337 g/mol. The molecule has 3 aromatic heterocycles. The van der Waals surface area contributed by atoms with Gasteiger partial charge in [0.2, 0.25) is 0 Å². The summed E-state index contributed by atoms with van der Waals surface area (Å²) in [6.07, 6.45) is 6.21. The van der Waals surface area contributed by atoms with Gasteiger partial charge >= 0.3 is 0 Å². The molecule has 7 heteroatoms. The van der Waals surface area contributed by atoms with Crippen molar-refractivity contribution in [2.45, 2.75) is 27.2 Å². The lowest BCUT2D eigenvalue weighted by Crippen LogP contribution is -2.47. The number of aryl methyl sites for hydroxylation is 3. The van der Waals surface area contributed by atoms with Gasteiger partial charge in [-0.1, -0.05) is 6.92 Å². The van der Waals surface area contributed by atoms with Crippen LogP contribution in [0.2, 0.25) is 0 Å². The summed E-state index contributed by atoms with van der Waals surface area (Å²) >= 11 is 0. The van der Waals surface area contributed by atoms with Gasteiger partial charge in [-0.2, -0.15) is 9.61 Å². The Hall–Kier alpha value is -2.70. The zero-order valence-electron chi connectivity index (χ0n) is 15.0. The highest BCUT2D eigenvalue weighted by Crippen LogP contribution is 2.23. The van der Waals surface area contributed by atoms with Gasteiger partial charge in [0, 0.05) is 55.9 Å². The Kier molecular flexibility index (Phi) is 3.99. The van der Waals surface area contributed by atoms with Crippen LogP contribution in [0.3, 0.4) is 0 Å². The summed E-state index contributed by atoms with van der Waals surface area (Å²) in [5, 5.41) is 4.72. The Morgan fingerprint density at radius 1 is 1.04 bits per heavy atom. The lowest BCUT2D eigenvalue weighted by Gasteiger charge is -2.36. The van der Waals surface area contributed by atoms with Gasteiger partial charge in [0.15, 0.2) is 5.65 Å². The molecular weight excluding hydrogens is 314 g/mol. The molecule has 1 aliphatic rings. The van der Waals surface area contributed by atoms with E-state index in [0.29, 0.717) is 0 Å². The van der Waals surface area contributed by atoms with Crippen molar-refractivity contribution in [1.82, 2.24) is 24.6 Å². The van der Waals surface area contributed by atoms with Gasteiger partial charge in [0.25, 0.3) is 0 Å². The Morgan fingerprint density at radius 3 is 2.48 bits per heavy atom. The average Bonchev–Trinajstić information content (AvgIpc) is 2.96. The maximum Gasteiger partial charge on any atom is 0.160 e. The smallest absolute Gasteiger partial charge is 0.160 e. The van der Waals surface area contributed by atoms with E-state index in [4.69, 9.17) is 10.1 Å². The van der Waals surface area contributed by atoms with Crippen LogP contribution < -0.4 is 9.80 Å². The van der Waals surface area contributed by atoms with Crippen LogP contribution >= 0.6 is 0 Å². The van der Waals surface area contributed by atoms with Gasteiger partial charge in [0.05, 0.1) is 11.9 Å². The molecule has 0 amide bonds. The fourth-order valence-corrected chi connectivity index (χ4v) is 3.29. The van der Waals surface area contributed by atoms with Crippen molar-refractivity contribution in [3.05, 3.63) is 41.6 Å². The molecule has 1 aliphatic heterocycles. The Labute approximate surface area is 147 Å². The first-order valence-corrected chi connectivity index (χ1v) is 8.79. The van der Waals surface area contributed by atoms with Crippen LogP contribution in [0.1, 0.15) is 23.9 Å². The van der Waals surface area contributed by atoms with E-state index in [1.54, 1.807) is 12.4 Å². The number of hydrogen-bond donors (Lipinski definition) is 0. The topological polar surface area (TPSA) is 62.5 Å². The second kappa shape index (κ2) is 6.31. The van der Waals surface area contributed by atoms with Crippen molar-refractivity contribution >= 4 is 17.3 Å². The number of fused-ring (bicyclic) bond motifs is 1. The van der Waals surface area contributed by atoms with Crippen LogP contribution in [-0.2, 0) is 6.42 Å². The maximum absolute atomic E-state index is 4.78. The van der Waals surface area contributed by atoms with E-state index in [1.807, 2.05) is 17.6 Å². The molecule has 0 bridgehead atoms. The van der Waals surface area contributed by atoms with Crippen LogP contribution in [0.15, 0.2) is 24.7 Å². The molecule has 130 valence electrons. The third kappa shape index (κ3) is 2.79. The fraction of sp³-hybridized carbons (Fsp3) is 0.444. The first-order chi connectivity index (χ1) is 12.2. The number of rotatable bonds is 3. The molecule has 0 aromatic carbocycles. The van der Waals surface area contributed by atoms with Crippen LogP contribution in [0.25, 0.3) is 5.65 Å². The number of anilines is 2. The zero-order chi connectivity index (χ0) is 17.4. The molecule has 7 nitrogen and oxygen atoms in total.